The van der Waals surface area contributed by atoms with E-state index in [1.165, 1.54) is 11.1 Å². The van der Waals surface area contributed by atoms with Crippen molar-refractivity contribution in [3.05, 3.63) is 46.2 Å². The van der Waals surface area contributed by atoms with Crippen LogP contribution < -0.4 is 16.4 Å². The highest BCUT2D eigenvalue weighted by atomic mass is 32.1. The topological polar surface area (TPSA) is 95.6 Å². The number of fused-ring (bicyclic) bond motifs is 1. The Balaban J connectivity index is 1.93. The molecule has 8 heteroatoms. The fraction of sp³-hybridized carbons (Fsp3) is 0.552. The minimum Gasteiger partial charge on any atom is -0.366 e. The monoisotopic (exact) mass is 524 g/mol. The van der Waals surface area contributed by atoms with Gasteiger partial charge in [0.15, 0.2) is 0 Å². The first-order valence-corrected chi connectivity index (χ1v) is 14.6. The highest BCUT2D eigenvalue weighted by Gasteiger charge is 2.25. The first kappa shape index (κ1) is 28.9. The molecule has 1 heterocycles. The van der Waals surface area contributed by atoms with Crippen LogP contribution in [0.3, 0.4) is 0 Å². The molecule has 1 amide bonds. The lowest BCUT2D eigenvalue weighted by atomic mass is 9.90. The van der Waals surface area contributed by atoms with Gasteiger partial charge in [-0.2, -0.15) is 0 Å². The van der Waals surface area contributed by atoms with Gasteiger partial charge in [0, 0.05) is 11.7 Å². The second-order valence-electron chi connectivity index (χ2n) is 9.78. The van der Waals surface area contributed by atoms with Crippen molar-refractivity contribution in [2.45, 2.75) is 92.2 Å². The number of thiazole rings is 1. The number of amidine groups is 1. The van der Waals surface area contributed by atoms with E-state index < -0.39 is 5.91 Å². The van der Waals surface area contributed by atoms with Gasteiger partial charge in [0.05, 0.1) is 27.3 Å². The SMILES string of the molecule is CC/C(C)=C(\CC)C(=NC1CCC(N(CC)CC)CC1)N/C(Nc1ccc2ncsc2c1)=C(\C)C(N)=O. The molecule has 0 bridgehead atoms. The van der Waals surface area contributed by atoms with E-state index in [1.807, 2.05) is 23.7 Å². The van der Waals surface area contributed by atoms with Crippen molar-refractivity contribution >= 4 is 39.0 Å². The zero-order chi connectivity index (χ0) is 26.9. The summed E-state index contributed by atoms with van der Waals surface area (Å²) in [4.78, 5) is 24.5. The van der Waals surface area contributed by atoms with Gasteiger partial charge in [-0.3, -0.25) is 9.79 Å². The lowest BCUT2D eigenvalue weighted by molar-refractivity contribution is -0.114. The van der Waals surface area contributed by atoms with Crippen LogP contribution in [-0.4, -0.2) is 46.8 Å². The van der Waals surface area contributed by atoms with Crippen LogP contribution in [0.25, 0.3) is 10.2 Å². The molecule has 202 valence electrons. The number of hydrogen-bond acceptors (Lipinski definition) is 6. The second-order valence-corrected chi connectivity index (χ2v) is 10.7. The average Bonchev–Trinajstić information content (AvgIpc) is 3.37. The van der Waals surface area contributed by atoms with Gasteiger partial charge in [0.2, 0.25) is 5.91 Å². The van der Waals surface area contributed by atoms with E-state index in [-0.39, 0.29) is 6.04 Å². The molecule has 1 aromatic carbocycles. The zero-order valence-corrected chi connectivity index (χ0v) is 24.2. The minimum absolute atomic E-state index is 0.254. The molecule has 7 nitrogen and oxygen atoms in total. The van der Waals surface area contributed by atoms with Gasteiger partial charge in [-0.05, 0) is 89.2 Å². The van der Waals surface area contributed by atoms with Crippen LogP contribution in [0.5, 0.6) is 0 Å². The lowest BCUT2D eigenvalue weighted by Crippen LogP contribution is -2.39. The molecule has 0 unspecified atom stereocenters. The first-order chi connectivity index (χ1) is 17.8. The van der Waals surface area contributed by atoms with E-state index in [1.54, 1.807) is 18.3 Å². The summed E-state index contributed by atoms with van der Waals surface area (Å²) in [6.07, 6.45) is 6.27. The number of allylic oxidation sites excluding steroid dienone is 1. The largest absolute Gasteiger partial charge is 0.366 e. The van der Waals surface area contributed by atoms with E-state index in [4.69, 9.17) is 10.7 Å². The van der Waals surface area contributed by atoms with Crippen LogP contribution in [-0.2, 0) is 4.79 Å². The average molecular weight is 525 g/mol. The minimum atomic E-state index is -0.470. The van der Waals surface area contributed by atoms with Gasteiger partial charge in [0.1, 0.15) is 11.7 Å². The summed E-state index contributed by atoms with van der Waals surface area (Å²) in [6, 6.07) is 6.89. The predicted molar refractivity (Wildman–Crippen MR) is 158 cm³/mol. The number of nitrogens with one attached hydrogen (secondary N) is 2. The number of amides is 1. The van der Waals surface area contributed by atoms with Crippen molar-refractivity contribution in [2.75, 3.05) is 18.4 Å². The Labute approximate surface area is 226 Å². The van der Waals surface area contributed by atoms with E-state index in [2.05, 4.69) is 55.1 Å². The summed E-state index contributed by atoms with van der Waals surface area (Å²) >= 11 is 1.59. The van der Waals surface area contributed by atoms with Gasteiger partial charge in [-0.1, -0.05) is 33.3 Å². The maximum absolute atomic E-state index is 12.3. The smallest absolute Gasteiger partial charge is 0.247 e. The third kappa shape index (κ3) is 7.42. The molecule has 0 atom stereocenters. The van der Waals surface area contributed by atoms with Crippen LogP contribution in [0.4, 0.5) is 5.69 Å². The van der Waals surface area contributed by atoms with Crippen molar-refractivity contribution in [1.29, 1.82) is 0 Å². The van der Waals surface area contributed by atoms with Crippen LogP contribution in [0.2, 0.25) is 0 Å². The molecule has 37 heavy (non-hydrogen) atoms. The van der Waals surface area contributed by atoms with E-state index in [0.29, 0.717) is 17.4 Å². The molecule has 1 fully saturated rings. The fourth-order valence-electron chi connectivity index (χ4n) is 5.08. The molecule has 3 rings (SSSR count). The Kier molecular flexibility index (Phi) is 10.7. The van der Waals surface area contributed by atoms with Crippen molar-refractivity contribution in [2.24, 2.45) is 10.7 Å². The third-order valence-corrected chi connectivity index (χ3v) is 8.37. The Bertz CT molecular complexity index is 1150. The Morgan fingerprint density at radius 3 is 2.41 bits per heavy atom. The van der Waals surface area contributed by atoms with Gasteiger partial charge < -0.3 is 21.3 Å². The van der Waals surface area contributed by atoms with Gasteiger partial charge in [-0.25, -0.2) is 4.98 Å². The number of anilines is 1. The maximum Gasteiger partial charge on any atom is 0.247 e. The summed E-state index contributed by atoms with van der Waals surface area (Å²) in [5, 5.41) is 6.95. The summed E-state index contributed by atoms with van der Waals surface area (Å²) in [5.41, 5.74) is 12.3. The van der Waals surface area contributed by atoms with Crippen molar-refractivity contribution in [1.82, 2.24) is 15.2 Å². The van der Waals surface area contributed by atoms with E-state index in [0.717, 1.165) is 73.4 Å². The molecule has 1 aliphatic rings. The molecule has 1 aromatic heterocycles. The lowest BCUT2D eigenvalue weighted by Gasteiger charge is -2.35. The van der Waals surface area contributed by atoms with Crippen molar-refractivity contribution < 1.29 is 4.79 Å². The Morgan fingerprint density at radius 2 is 1.81 bits per heavy atom. The summed E-state index contributed by atoms with van der Waals surface area (Å²) in [5.74, 6) is 0.944. The molecule has 4 N–H and O–H groups in total. The number of carbonyl (C=O) groups is 1. The third-order valence-electron chi connectivity index (χ3n) is 7.58. The van der Waals surface area contributed by atoms with E-state index >= 15 is 0 Å². The fourth-order valence-corrected chi connectivity index (χ4v) is 5.80. The first-order valence-electron chi connectivity index (χ1n) is 13.7. The summed E-state index contributed by atoms with van der Waals surface area (Å²) in [7, 11) is 0. The van der Waals surface area contributed by atoms with Crippen LogP contribution in [0.15, 0.2) is 51.2 Å². The van der Waals surface area contributed by atoms with E-state index in [9.17, 15) is 4.79 Å². The second kappa shape index (κ2) is 13.7. The number of nitrogens with zero attached hydrogens (tertiary/aromatic N) is 3. The Morgan fingerprint density at radius 1 is 1.11 bits per heavy atom. The van der Waals surface area contributed by atoms with Crippen LogP contribution >= 0.6 is 11.3 Å². The molecule has 0 radical (unpaired) electrons. The number of hydrogen-bond donors (Lipinski definition) is 3. The number of aliphatic imine (C=N–C) groups is 1. The van der Waals surface area contributed by atoms with Gasteiger partial charge >= 0.3 is 0 Å². The molecule has 2 aromatic rings. The molecule has 0 saturated heterocycles. The quantitative estimate of drug-likeness (QED) is 0.185. The highest BCUT2D eigenvalue weighted by molar-refractivity contribution is 7.16. The zero-order valence-electron chi connectivity index (χ0n) is 23.4. The number of rotatable bonds is 11. The molecule has 1 aliphatic carbocycles. The molecule has 1 saturated carbocycles. The van der Waals surface area contributed by atoms with Crippen LogP contribution in [0, 0.1) is 0 Å². The summed E-state index contributed by atoms with van der Waals surface area (Å²) < 4.78 is 1.08. The summed E-state index contributed by atoms with van der Waals surface area (Å²) in [6.45, 7) is 14.9. The predicted octanol–water partition coefficient (Wildman–Crippen LogP) is 6.20. The standard InChI is InChI=1S/C29H44N6OS/c1-7-19(5)24(8-2)29(32-21-11-14-23(15-12-21)35(9-3)10-4)34-28(20(6)27(30)36)33-22-13-16-25-26(17-22)37-18-31-25/h13,16-18,21,23,33H,7-12,14-15H2,1-6H3,(H2,30,36)(H,32,34)/b24-19+,28-20+. The molecule has 0 spiro atoms. The maximum atomic E-state index is 12.3. The number of primary amides is 1. The van der Waals surface area contributed by atoms with Crippen molar-refractivity contribution in [3.63, 3.8) is 0 Å². The van der Waals surface area contributed by atoms with Crippen molar-refractivity contribution in [3.8, 4) is 0 Å². The number of aromatic nitrogens is 1. The molecule has 0 aliphatic heterocycles. The highest BCUT2D eigenvalue weighted by Crippen LogP contribution is 2.27. The number of benzene rings is 1. The molecular weight excluding hydrogens is 480 g/mol. The number of carbonyl (C=O) groups excluding carboxylic acids is 1. The molecular formula is C29H44N6OS. The van der Waals surface area contributed by atoms with Crippen LogP contribution in [0.1, 0.15) is 80.1 Å². The number of nitrogens with two attached hydrogens (primary N) is 1. The Hall–Kier alpha value is -2.71. The normalized spacial score (nSPS) is 20.0. The van der Waals surface area contributed by atoms with Gasteiger partial charge in [0.25, 0.3) is 0 Å². The van der Waals surface area contributed by atoms with Gasteiger partial charge in [-0.15, -0.1) is 11.3 Å².